The fourth-order valence-corrected chi connectivity index (χ4v) is 4.39. The highest BCUT2D eigenvalue weighted by Crippen LogP contribution is 2.43. The molecule has 0 saturated carbocycles. The molecule has 2 heterocycles. The van der Waals surface area contributed by atoms with E-state index in [-0.39, 0.29) is 6.42 Å². The van der Waals surface area contributed by atoms with E-state index in [2.05, 4.69) is 22.2 Å². The Bertz CT molecular complexity index is 696. The summed E-state index contributed by atoms with van der Waals surface area (Å²) in [7, 11) is 0. The highest BCUT2D eigenvalue weighted by molar-refractivity contribution is 7.19. The number of aromatic nitrogens is 2. The van der Waals surface area contributed by atoms with Gasteiger partial charge >= 0.3 is 5.97 Å². The SMILES string of the molecule is Cc1nc(NCCC(=O)O)c2c3c(sc2n1)CCC[C@H]3C. The molecule has 2 aromatic rings. The molecule has 1 aliphatic rings. The Balaban J connectivity index is 2.05. The van der Waals surface area contributed by atoms with Gasteiger partial charge in [0.1, 0.15) is 16.5 Å². The van der Waals surface area contributed by atoms with Crippen molar-refractivity contribution in [2.24, 2.45) is 0 Å². The Morgan fingerprint density at radius 1 is 1.48 bits per heavy atom. The maximum absolute atomic E-state index is 10.7. The van der Waals surface area contributed by atoms with Crippen molar-refractivity contribution in [2.75, 3.05) is 11.9 Å². The van der Waals surface area contributed by atoms with Gasteiger partial charge < -0.3 is 10.4 Å². The number of aliphatic carboxylic acids is 1. The van der Waals surface area contributed by atoms with Crippen LogP contribution in [0, 0.1) is 6.92 Å². The predicted octanol–water partition coefficient (Wildman–Crippen LogP) is 3.33. The molecule has 0 bridgehead atoms. The zero-order chi connectivity index (χ0) is 15.0. The van der Waals surface area contributed by atoms with Crippen LogP contribution in [0.15, 0.2) is 0 Å². The molecule has 1 aliphatic carbocycles. The second-order valence-corrected chi connectivity index (χ2v) is 6.69. The first-order chi connectivity index (χ1) is 10.1. The van der Waals surface area contributed by atoms with Crippen LogP contribution in [0.1, 0.15) is 48.4 Å². The summed E-state index contributed by atoms with van der Waals surface area (Å²) in [5.41, 5.74) is 1.37. The van der Waals surface area contributed by atoms with E-state index in [4.69, 9.17) is 5.11 Å². The monoisotopic (exact) mass is 305 g/mol. The number of nitrogens with one attached hydrogen (secondary N) is 1. The smallest absolute Gasteiger partial charge is 0.305 e. The third kappa shape index (κ3) is 2.72. The van der Waals surface area contributed by atoms with Crippen molar-refractivity contribution < 1.29 is 9.90 Å². The number of anilines is 1. The maximum Gasteiger partial charge on any atom is 0.305 e. The van der Waals surface area contributed by atoms with E-state index in [1.165, 1.54) is 23.3 Å². The fourth-order valence-electron chi connectivity index (χ4n) is 3.01. The highest BCUT2D eigenvalue weighted by atomic mass is 32.1. The first-order valence-electron chi connectivity index (χ1n) is 7.32. The number of carboxylic acids is 1. The molecule has 0 saturated heterocycles. The molecule has 0 spiro atoms. The predicted molar refractivity (Wildman–Crippen MR) is 84.2 cm³/mol. The van der Waals surface area contributed by atoms with Crippen LogP contribution < -0.4 is 5.32 Å². The summed E-state index contributed by atoms with van der Waals surface area (Å²) in [5.74, 6) is 1.25. The van der Waals surface area contributed by atoms with Gasteiger partial charge in [0.2, 0.25) is 0 Å². The van der Waals surface area contributed by atoms with Crippen molar-refractivity contribution in [1.82, 2.24) is 9.97 Å². The van der Waals surface area contributed by atoms with Crippen molar-refractivity contribution in [1.29, 1.82) is 0 Å². The minimum Gasteiger partial charge on any atom is -0.481 e. The molecule has 0 radical (unpaired) electrons. The number of hydrogen-bond donors (Lipinski definition) is 2. The molecule has 2 N–H and O–H groups in total. The number of carboxylic acid groups (broad SMARTS) is 1. The van der Waals surface area contributed by atoms with Gasteiger partial charge in [-0.25, -0.2) is 9.97 Å². The first kappa shape index (κ1) is 14.3. The van der Waals surface area contributed by atoms with Crippen LogP contribution in [0.4, 0.5) is 5.82 Å². The molecule has 0 amide bonds. The van der Waals surface area contributed by atoms with E-state index in [0.717, 1.165) is 28.3 Å². The normalized spacial score (nSPS) is 17.7. The van der Waals surface area contributed by atoms with Crippen molar-refractivity contribution in [3.63, 3.8) is 0 Å². The fraction of sp³-hybridized carbons (Fsp3) is 0.533. The third-order valence-electron chi connectivity index (χ3n) is 3.94. The summed E-state index contributed by atoms with van der Waals surface area (Å²) in [4.78, 5) is 22.2. The van der Waals surface area contributed by atoms with Crippen LogP contribution in [0.3, 0.4) is 0 Å². The van der Waals surface area contributed by atoms with Gasteiger partial charge in [-0.15, -0.1) is 11.3 Å². The lowest BCUT2D eigenvalue weighted by atomic mass is 9.87. The lowest BCUT2D eigenvalue weighted by Crippen LogP contribution is -2.11. The van der Waals surface area contributed by atoms with Crippen molar-refractivity contribution >= 4 is 33.3 Å². The average molecular weight is 305 g/mol. The Labute approximate surface area is 127 Å². The first-order valence-corrected chi connectivity index (χ1v) is 8.13. The standard InChI is InChI=1S/C15H19N3O2S/c1-8-4-3-5-10-12(8)13-14(16-7-6-11(19)20)17-9(2)18-15(13)21-10/h8H,3-7H2,1-2H3,(H,19,20)(H,16,17,18)/t8-/m1/s1. The van der Waals surface area contributed by atoms with Crippen molar-refractivity contribution in [2.45, 2.75) is 45.4 Å². The van der Waals surface area contributed by atoms with Crippen LogP contribution in [0.5, 0.6) is 0 Å². The lowest BCUT2D eigenvalue weighted by molar-refractivity contribution is -0.136. The van der Waals surface area contributed by atoms with Crippen LogP contribution in [-0.4, -0.2) is 27.6 Å². The van der Waals surface area contributed by atoms with Gasteiger partial charge in [0.15, 0.2) is 0 Å². The molecule has 5 nitrogen and oxygen atoms in total. The Morgan fingerprint density at radius 2 is 2.29 bits per heavy atom. The van der Waals surface area contributed by atoms with E-state index in [0.29, 0.717) is 12.5 Å². The van der Waals surface area contributed by atoms with Gasteiger partial charge in [-0.3, -0.25) is 4.79 Å². The van der Waals surface area contributed by atoms with Gasteiger partial charge in [-0.05, 0) is 37.7 Å². The zero-order valence-corrected chi connectivity index (χ0v) is 13.1. The van der Waals surface area contributed by atoms with E-state index in [1.807, 2.05) is 6.92 Å². The van der Waals surface area contributed by atoms with Gasteiger partial charge in [-0.2, -0.15) is 0 Å². The van der Waals surface area contributed by atoms with E-state index >= 15 is 0 Å². The van der Waals surface area contributed by atoms with Crippen molar-refractivity contribution in [3.8, 4) is 0 Å². The van der Waals surface area contributed by atoms with Gasteiger partial charge in [0.25, 0.3) is 0 Å². The Kier molecular flexibility index (Phi) is 3.80. The van der Waals surface area contributed by atoms with E-state index in [1.54, 1.807) is 11.3 Å². The topological polar surface area (TPSA) is 75.1 Å². The van der Waals surface area contributed by atoms with Gasteiger partial charge in [0.05, 0.1) is 11.8 Å². The van der Waals surface area contributed by atoms with E-state index < -0.39 is 5.97 Å². The molecular formula is C15H19N3O2S. The maximum atomic E-state index is 10.7. The lowest BCUT2D eigenvalue weighted by Gasteiger charge is -2.19. The minimum atomic E-state index is -0.801. The summed E-state index contributed by atoms with van der Waals surface area (Å²) in [6.07, 6.45) is 3.64. The quantitative estimate of drug-likeness (QED) is 0.906. The minimum absolute atomic E-state index is 0.0897. The average Bonchev–Trinajstić information content (AvgIpc) is 2.77. The second kappa shape index (κ2) is 5.60. The van der Waals surface area contributed by atoms with Gasteiger partial charge in [-0.1, -0.05) is 6.92 Å². The summed E-state index contributed by atoms with van der Waals surface area (Å²) >= 11 is 1.76. The van der Waals surface area contributed by atoms with Crippen LogP contribution in [0.25, 0.3) is 10.2 Å². The van der Waals surface area contributed by atoms with Crippen LogP contribution >= 0.6 is 11.3 Å². The summed E-state index contributed by atoms with van der Waals surface area (Å²) in [6.45, 7) is 4.52. The number of hydrogen-bond acceptors (Lipinski definition) is 5. The molecule has 3 rings (SSSR count). The highest BCUT2D eigenvalue weighted by Gasteiger charge is 2.25. The number of thiophene rings is 1. The molecule has 0 aromatic carbocycles. The number of nitrogens with zero attached hydrogens (tertiary/aromatic N) is 2. The van der Waals surface area contributed by atoms with Crippen molar-refractivity contribution in [3.05, 3.63) is 16.3 Å². The third-order valence-corrected chi connectivity index (χ3v) is 5.10. The molecule has 2 aromatic heterocycles. The number of fused-ring (bicyclic) bond motifs is 3. The Hall–Kier alpha value is -1.69. The summed E-state index contributed by atoms with van der Waals surface area (Å²) in [6, 6.07) is 0. The molecule has 0 unspecified atom stereocenters. The summed E-state index contributed by atoms with van der Waals surface area (Å²) in [5, 5.41) is 13.1. The zero-order valence-electron chi connectivity index (χ0n) is 12.3. The molecule has 6 heteroatoms. The summed E-state index contributed by atoms with van der Waals surface area (Å²) < 4.78 is 0. The number of carbonyl (C=O) groups is 1. The molecule has 21 heavy (non-hydrogen) atoms. The van der Waals surface area contributed by atoms with Crippen LogP contribution in [-0.2, 0) is 11.2 Å². The molecular weight excluding hydrogens is 286 g/mol. The van der Waals surface area contributed by atoms with Crippen LogP contribution in [0.2, 0.25) is 0 Å². The number of aryl methyl sites for hydroxylation is 2. The Morgan fingerprint density at radius 3 is 3.05 bits per heavy atom. The molecule has 0 aliphatic heterocycles. The molecule has 1 atom stereocenters. The van der Waals surface area contributed by atoms with E-state index in [9.17, 15) is 4.79 Å². The second-order valence-electron chi connectivity index (χ2n) is 5.60. The number of rotatable bonds is 4. The molecule has 0 fully saturated rings. The van der Waals surface area contributed by atoms with Gasteiger partial charge in [0, 0.05) is 11.4 Å². The largest absolute Gasteiger partial charge is 0.481 e. The molecule has 112 valence electrons.